The van der Waals surface area contributed by atoms with Crippen LogP contribution in [0.15, 0.2) is 54.9 Å². The SMILES string of the molecule is O=[N+]([O-])c1ccc(NCc2ccc(N3CCN(CC4CC4)CC3)cc2)c2ccncc12. The predicted octanol–water partition coefficient (Wildman–Crippen LogP) is 4.29. The number of piperazine rings is 1. The van der Waals surface area contributed by atoms with E-state index in [-0.39, 0.29) is 10.6 Å². The normalized spacial score (nSPS) is 17.1. The molecular weight excluding hydrogens is 390 g/mol. The molecule has 5 rings (SSSR count). The van der Waals surface area contributed by atoms with Gasteiger partial charge in [-0.1, -0.05) is 12.1 Å². The summed E-state index contributed by atoms with van der Waals surface area (Å²) in [6.45, 7) is 6.43. The predicted molar refractivity (Wildman–Crippen MR) is 124 cm³/mol. The smallest absolute Gasteiger partial charge is 0.278 e. The molecule has 2 fully saturated rings. The summed E-state index contributed by atoms with van der Waals surface area (Å²) in [6.07, 6.45) is 6.05. The number of nitrogens with one attached hydrogen (secondary N) is 1. The van der Waals surface area contributed by atoms with E-state index in [1.165, 1.54) is 36.7 Å². The molecule has 0 atom stereocenters. The standard InChI is InChI=1S/C24H27N5O2/c30-29(31)24-8-7-23(21-9-10-25-16-22(21)24)26-15-18-3-5-20(6-4-18)28-13-11-27(12-14-28)17-19-1-2-19/h3-10,16,19,26H,1-2,11-15,17H2. The number of pyridine rings is 1. The first kappa shape index (κ1) is 19.8. The van der Waals surface area contributed by atoms with Crippen LogP contribution in [0.3, 0.4) is 0 Å². The molecule has 1 saturated carbocycles. The van der Waals surface area contributed by atoms with Gasteiger partial charge in [-0.25, -0.2) is 0 Å². The van der Waals surface area contributed by atoms with Crippen molar-refractivity contribution in [3.8, 4) is 0 Å². The second kappa shape index (κ2) is 8.51. The van der Waals surface area contributed by atoms with E-state index in [4.69, 9.17) is 0 Å². The van der Waals surface area contributed by atoms with Gasteiger partial charge in [-0.05, 0) is 48.6 Å². The van der Waals surface area contributed by atoms with Gasteiger partial charge in [0.15, 0.2) is 0 Å². The quantitative estimate of drug-likeness (QED) is 0.457. The van der Waals surface area contributed by atoms with E-state index in [1.54, 1.807) is 18.5 Å². The largest absolute Gasteiger partial charge is 0.380 e. The number of benzene rings is 2. The minimum atomic E-state index is -0.363. The maximum absolute atomic E-state index is 11.3. The molecule has 2 heterocycles. The zero-order valence-corrected chi connectivity index (χ0v) is 17.5. The monoisotopic (exact) mass is 417 g/mol. The molecule has 1 N–H and O–H groups in total. The highest BCUT2D eigenvalue weighted by molar-refractivity contribution is 5.99. The number of nitrogens with zero attached hydrogens (tertiary/aromatic N) is 4. The molecule has 2 aliphatic rings. The Labute approximate surface area is 181 Å². The van der Waals surface area contributed by atoms with Gasteiger partial charge >= 0.3 is 0 Å². The van der Waals surface area contributed by atoms with E-state index in [0.717, 1.165) is 43.2 Å². The van der Waals surface area contributed by atoms with Crippen molar-refractivity contribution in [1.29, 1.82) is 0 Å². The lowest BCUT2D eigenvalue weighted by atomic mass is 10.1. The van der Waals surface area contributed by atoms with Crippen molar-refractivity contribution in [2.24, 2.45) is 5.92 Å². The van der Waals surface area contributed by atoms with Crippen LogP contribution in [-0.4, -0.2) is 47.5 Å². The summed E-state index contributed by atoms with van der Waals surface area (Å²) in [5, 5.41) is 16.1. The van der Waals surface area contributed by atoms with Crippen molar-refractivity contribution in [3.63, 3.8) is 0 Å². The van der Waals surface area contributed by atoms with Gasteiger partial charge in [0.25, 0.3) is 5.69 Å². The van der Waals surface area contributed by atoms with Crippen LogP contribution in [0.25, 0.3) is 10.8 Å². The zero-order valence-electron chi connectivity index (χ0n) is 17.5. The molecule has 0 amide bonds. The molecule has 160 valence electrons. The summed E-state index contributed by atoms with van der Waals surface area (Å²) in [6, 6.07) is 13.9. The van der Waals surface area contributed by atoms with Crippen LogP contribution < -0.4 is 10.2 Å². The molecule has 0 unspecified atom stereocenters. The maximum Gasteiger partial charge on any atom is 0.278 e. The van der Waals surface area contributed by atoms with Gasteiger partial charge in [-0.2, -0.15) is 0 Å². The molecular formula is C24H27N5O2. The Morgan fingerprint density at radius 2 is 1.77 bits per heavy atom. The fourth-order valence-electron chi connectivity index (χ4n) is 4.36. The number of nitro benzene ring substituents is 1. The molecule has 7 nitrogen and oxygen atoms in total. The summed E-state index contributed by atoms with van der Waals surface area (Å²) in [5.74, 6) is 0.961. The van der Waals surface area contributed by atoms with Gasteiger partial charge in [0.2, 0.25) is 0 Å². The number of non-ortho nitro benzene ring substituents is 1. The summed E-state index contributed by atoms with van der Waals surface area (Å²) in [7, 11) is 0. The molecule has 1 aliphatic carbocycles. The number of hydrogen-bond acceptors (Lipinski definition) is 6. The minimum absolute atomic E-state index is 0.0789. The number of fused-ring (bicyclic) bond motifs is 1. The van der Waals surface area contributed by atoms with Crippen molar-refractivity contribution in [3.05, 3.63) is 70.5 Å². The topological polar surface area (TPSA) is 74.5 Å². The van der Waals surface area contributed by atoms with Gasteiger partial charge in [0, 0.05) is 74.5 Å². The second-order valence-corrected chi connectivity index (χ2v) is 8.56. The van der Waals surface area contributed by atoms with Crippen LogP contribution in [0.5, 0.6) is 0 Å². The highest BCUT2D eigenvalue weighted by Gasteiger charge is 2.26. The van der Waals surface area contributed by atoms with E-state index < -0.39 is 0 Å². The Balaban J connectivity index is 1.22. The van der Waals surface area contributed by atoms with Crippen molar-refractivity contribution in [2.75, 3.05) is 42.9 Å². The Bertz CT molecular complexity index is 1070. The number of nitro groups is 1. The van der Waals surface area contributed by atoms with Crippen LogP contribution in [0.1, 0.15) is 18.4 Å². The molecule has 3 aromatic rings. The molecule has 0 bridgehead atoms. The van der Waals surface area contributed by atoms with E-state index in [0.29, 0.717) is 11.9 Å². The van der Waals surface area contributed by atoms with E-state index in [1.807, 2.05) is 6.07 Å². The first-order valence-corrected chi connectivity index (χ1v) is 11.0. The molecule has 31 heavy (non-hydrogen) atoms. The number of aromatic nitrogens is 1. The fourth-order valence-corrected chi connectivity index (χ4v) is 4.36. The second-order valence-electron chi connectivity index (χ2n) is 8.56. The Morgan fingerprint density at radius 3 is 2.48 bits per heavy atom. The van der Waals surface area contributed by atoms with Crippen LogP contribution in [0.4, 0.5) is 17.1 Å². The molecule has 7 heteroatoms. The van der Waals surface area contributed by atoms with Crippen LogP contribution in [0.2, 0.25) is 0 Å². The molecule has 0 spiro atoms. The highest BCUT2D eigenvalue weighted by atomic mass is 16.6. The van der Waals surface area contributed by atoms with Crippen molar-refractivity contribution < 1.29 is 4.92 Å². The number of rotatable bonds is 7. The Morgan fingerprint density at radius 1 is 1.00 bits per heavy atom. The lowest BCUT2D eigenvalue weighted by Crippen LogP contribution is -2.47. The third-order valence-electron chi connectivity index (χ3n) is 6.36. The van der Waals surface area contributed by atoms with Crippen LogP contribution in [-0.2, 0) is 6.54 Å². The third-order valence-corrected chi connectivity index (χ3v) is 6.36. The fraction of sp³-hybridized carbons (Fsp3) is 0.375. The third kappa shape index (κ3) is 4.46. The van der Waals surface area contributed by atoms with Gasteiger partial charge < -0.3 is 10.2 Å². The van der Waals surface area contributed by atoms with Crippen molar-refractivity contribution >= 4 is 27.8 Å². The Kier molecular flexibility index (Phi) is 5.42. The van der Waals surface area contributed by atoms with Crippen molar-refractivity contribution in [2.45, 2.75) is 19.4 Å². The van der Waals surface area contributed by atoms with Crippen molar-refractivity contribution in [1.82, 2.24) is 9.88 Å². The summed E-state index contributed by atoms with van der Waals surface area (Å²) < 4.78 is 0. The lowest BCUT2D eigenvalue weighted by molar-refractivity contribution is -0.383. The van der Waals surface area contributed by atoms with E-state index in [2.05, 4.69) is 44.4 Å². The van der Waals surface area contributed by atoms with Gasteiger partial charge in [-0.3, -0.25) is 20.0 Å². The molecule has 1 saturated heterocycles. The molecule has 0 radical (unpaired) electrons. The minimum Gasteiger partial charge on any atom is -0.380 e. The number of anilines is 2. The summed E-state index contributed by atoms with van der Waals surface area (Å²) in [4.78, 5) is 20.1. The van der Waals surface area contributed by atoms with Gasteiger partial charge in [0.1, 0.15) is 0 Å². The van der Waals surface area contributed by atoms with Crippen LogP contribution >= 0.6 is 0 Å². The lowest BCUT2D eigenvalue weighted by Gasteiger charge is -2.36. The first-order chi connectivity index (χ1) is 15.2. The molecule has 1 aliphatic heterocycles. The average Bonchev–Trinajstić information content (AvgIpc) is 3.62. The molecule has 1 aromatic heterocycles. The van der Waals surface area contributed by atoms with E-state index >= 15 is 0 Å². The van der Waals surface area contributed by atoms with Gasteiger partial charge in [0.05, 0.1) is 10.3 Å². The number of hydrogen-bond donors (Lipinski definition) is 1. The summed E-state index contributed by atoms with van der Waals surface area (Å²) >= 11 is 0. The Hall–Kier alpha value is -3.19. The van der Waals surface area contributed by atoms with Gasteiger partial charge in [-0.15, -0.1) is 0 Å². The zero-order chi connectivity index (χ0) is 21.2. The molecule has 2 aromatic carbocycles. The van der Waals surface area contributed by atoms with Crippen LogP contribution in [0, 0.1) is 16.0 Å². The first-order valence-electron chi connectivity index (χ1n) is 11.0. The summed E-state index contributed by atoms with van der Waals surface area (Å²) in [5.41, 5.74) is 3.41. The highest BCUT2D eigenvalue weighted by Crippen LogP contribution is 2.31. The van der Waals surface area contributed by atoms with E-state index in [9.17, 15) is 10.1 Å². The average molecular weight is 418 g/mol. The maximum atomic E-state index is 11.3.